The lowest BCUT2D eigenvalue weighted by molar-refractivity contribution is -0.138. The Hall–Kier alpha value is -4.09. The Morgan fingerprint density at radius 2 is 1.66 bits per heavy atom. The fourth-order valence-corrected chi connectivity index (χ4v) is 3.87. The van der Waals surface area contributed by atoms with Crippen molar-refractivity contribution in [1.82, 2.24) is 30.2 Å². The van der Waals surface area contributed by atoms with Gasteiger partial charge in [-0.15, -0.1) is 5.10 Å². The molecule has 0 unspecified atom stereocenters. The number of halogens is 4. The van der Waals surface area contributed by atoms with Gasteiger partial charge in [-0.25, -0.2) is 19.0 Å². The third-order valence-corrected chi connectivity index (χ3v) is 5.72. The minimum Gasteiger partial charge on any atom is -0.490 e. The van der Waals surface area contributed by atoms with Gasteiger partial charge in [-0.3, -0.25) is 0 Å². The average molecular weight is 485 g/mol. The van der Waals surface area contributed by atoms with Crippen LogP contribution in [0.5, 0.6) is 5.75 Å². The first-order chi connectivity index (χ1) is 16.9. The van der Waals surface area contributed by atoms with Crippen LogP contribution in [0, 0.1) is 5.82 Å². The van der Waals surface area contributed by atoms with Crippen molar-refractivity contribution in [3.8, 4) is 22.6 Å². The summed E-state index contributed by atoms with van der Waals surface area (Å²) in [4.78, 5) is 9.55. The van der Waals surface area contributed by atoms with Gasteiger partial charge in [0.2, 0.25) is 5.95 Å². The standard InChI is InChI=1S/C23H19F4N7O/c24-21-11-17(34-14-30-31-32-34)3-6-20(21)15-1-4-18(5-2-15)35-19-7-9-33(10-8-19)22-28-12-16(13-29-22)23(25,26)27/h1-6,11-14,19H,7-10H2. The highest BCUT2D eigenvalue weighted by Crippen LogP contribution is 2.30. The molecule has 35 heavy (non-hydrogen) atoms. The number of tetrazole rings is 1. The smallest absolute Gasteiger partial charge is 0.419 e. The van der Waals surface area contributed by atoms with E-state index >= 15 is 0 Å². The lowest BCUT2D eigenvalue weighted by atomic mass is 10.0. The van der Waals surface area contributed by atoms with Gasteiger partial charge in [0.1, 0.15) is 24.0 Å². The molecule has 180 valence electrons. The van der Waals surface area contributed by atoms with Crippen molar-refractivity contribution in [3.63, 3.8) is 0 Å². The summed E-state index contributed by atoms with van der Waals surface area (Å²) in [5, 5.41) is 10.8. The first kappa shape index (κ1) is 22.7. The summed E-state index contributed by atoms with van der Waals surface area (Å²) in [5.41, 5.74) is 0.793. The maximum absolute atomic E-state index is 14.7. The maximum Gasteiger partial charge on any atom is 0.419 e. The molecule has 2 aromatic heterocycles. The van der Waals surface area contributed by atoms with Crippen LogP contribution in [0.15, 0.2) is 61.2 Å². The molecule has 0 amide bonds. The molecular weight excluding hydrogens is 466 g/mol. The second-order valence-corrected chi connectivity index (χ2v) is 8.02. The van der Waals surface area contributed by atoms with Gasteiger partial charge in [0.05, 0.1) is 11.3 Å². The van der Waals surface area contributed by atoms with Crippen molar-refractivity contribution in [2.45, 2.75) is 25.1 Å². The summed E-state index contributed by atoms with van der Waals surface area (Å²) in [5.74, 6) is 0.530. The van der Waals surface area contributed by atoms with E-state index in [1.54, 1.807) is 36.4 Å². The van der Waals surface area contributed by atoms with Gasteiger partial charge in [-0.1, -0.05) is 12.1 Å². The third-order valence-electron chi connectivity index (χ3n) is 5.72. The highest BCUT2D eigenvalue weighted by atomic mass is 19.4. The number of anilines is 1. The Morgan fingerprint density at radius 1 is 0.943 bits per heavy atom. The molecule has 0 aliphatic carbocycles. The minimum atomic E-state index is -4.46. The summed E-state index contributed by atoms with van der Waals surface area (Å²) in [6.07, 6.45) is -0.192. The van der Waals surface area contributed by atoms with E-state index in [-0.39, 0.29) is 12.1 Å². The number of benzene rings is 2. The molecule has 1 aliphatic heterocycles. The molecule has 1 fully saturated rings. The monoisotopic (exact) mass is 485 g/mol. The number of ether oxygens (including phenoxy) is 1. The van der Waals surface area contributed by atoms with Gasteiger partial charge < -0.3 is 9.64 Å². The summed E-state index contributed by atoms with van der Waals surface area (Å²) < 4.78 is 60.2. The van der Waals surface area contributed by atoms with Crippen LogP contribution in [0.25, 0.3) is 16.8 Å². The highest BCUT2D eigenvalue weighted by molar-refractivity contribution is 5.66. The van der Waals surface area contributed by atoms with Crippen molar-refractivity contribution in [2.24, 2.45) is 0 Å². The van der Waals surface area contributed by atoms with Crippen LogP contribution >= 0.6 is 0 Å². The molecule has 0 spiro atoms. The fraction of sp³-hybridized carbons (Fsp3) is 0.261. The molecule has 12 heteroatoms. The zero-order valence-electron chi connectivity index (χ0n) is 18.2. The van der Waals surface area contributed by atoms with E-state index in [2.05, 4.69) is 25.5 Å². The fourth-order valence-electron chi connectivity index (χ4n) is 3.87. The van der Waals surface area contributed by atoms with Crippen molar-refractivity contribution in [1.29, 1.82) is 0 Å². The quantitative estimate of drug-likeness (QED) is 0.390. The van der Waals surface area contributed by atoms with Crippen molar-refractivity contribution in [2.75, 3.05) is 18.0 Å². The van der Waals surface area contributed by atoms with Crippen LogP contribution in [0.3, 0.4) is 0 Å². The first-order valence-corrected chi connectivity index (χ1v) is 10.8. The SMILES string of the molecule is Fc1cc(-n2cnnn2)ccc1-c1ccc(OC2CCN(c3ncc(C(F)(F)F)cn3)CC2)cc1. The van der Waals surface area contributed by atoms with Crippen LogP contribution in [0.4, 0.5) is 23.5 Å². The van der Waals surface area contributed by atoms with E-state index in [9.17, 15) is 17.6 Å². The molecule has 0 bridgehead atoms. The summed E-state index contributed by atoms with van der Waals surface area (Å²) in [7, 11) is 0. The van der Waals surface area contributed by atoms with E-state index in [0.717, 1.165) is 12.4 Å². The predicted molar refractivity (Wildman–Crippen MR) is 117 cm³/mol. The molecule has 8 nitrogen and oxygen atoms in total. The number of rotatable bonds is 5. The van der Waals surface area contributed by atoms with Crippen LogP contribution in [-0.2, 0) is 6.18 Å². The molecule has 3 heterocycles. The van der Waals surface area contributed by atoms with Crippen LogP contribution < -0.4 is 9.64 Å². The normalized spacial score (nSPS) is 14.8. The van der Waals surface area contributed by atoms with Crippen LogP contribution in [0.2, 0.25) is 0 Å². The number of hydrogen-bond donors (Lipinski definition) is 0. The third kappa shape index (κ3) is 5.05. The average Bonchev–Trinajstić information content (AvgIpc) is 3.40. The summed E-state index contributed by atoms with van der Waals surface area (Å²) in [6.45, 7) is 1.12. The molecule has 0 atom stereocenters. The second kappa shape index (κ2) is 9.28. The molecule has 1 saturated heterocycles. The van der Waals surface area contributed by atoms with E-state index < -0.39 is 17.6 Å². The second-order valence-electron chi connectivity index (χ2n) is 8.02. The number of piperidine rings is 1. The molecular formula is C23H19F4N7O. The zero-order chi connectivity index (χ0) is 24.4. The van der Waals surface area contributed by atoms with Crippen LogP contribution in [0.1, 0.15) is 18.4 Å². The molecule has 0 radical (unpaired) electrons. The Labute approximate surface area is 197 Å². The Bertz CT molecular complexity index is 1270. The van der Waals surface area contributed by atoms with E-state index in [0.29, 0.717) is 48.5 Å². The van der Waals surface area contributed by atoms with E-state index in [1.807, 2.05) is 4.90 Å². The van der Waals surface area contributed by atoms with E-state index in [1.165, 1.54) is 17.1 Å². The Kier molecular flexibility index (Phi) is 6.01. The maximum atomic E-state index is 14.7. The van der Waals surface area contributed by atoms with Gasteiger partial charge in [0.25, 0.3) is 0 Å². The first-order valence-electron chi connectivity index (χ1n) is 10.8. The zero-order valence-corrected chi connectivity index (χ0v) is 18.2. The summed E-state index contributed by atoms with van der Waals surface area (Å²) >= 11 is 0. The topological polar surface area (TPSA) is 81.9 Å². The molecule has 2 aromatic carbocycles. The highest BCUT2D eigenvalue weighted by Gasteiger charge is 2.32. The van der Waals surface area contributed by atoms with Gasteiger partial charge >= 0.3 is 6.18 Å². The number of nitrogens with zero attached hydrogens (tertiary/aromatic N) is 7. The largest absolute Gasteiger partial charge is 0.490 e. The molecule has 0 N–H and O–H groups in total. The Balaban J connectivity index is 1.18. The lowest BCUT2D eigenvalue weighted by Crippen LogP contribution is -2.39. The summed E-state index contributed by atoms with van der Waals surface area (Å²) in [6, 6.07) is 11.9. The van der Waals surface area contributed by atoms with Gasteiger partial charge in [-0.05, 0) is 40.3 Å². The molecule has 4 aromatic rings. The Morgan fingerprint density at radius 3 is 2.26 bits per heavy atom. The minimum absolute atomic E-state index is 0.0566. The van der Waals surface area contributed by atoms with Gasteiger partial charge in [-0.2, -0.15) is 13.2 Å². The van der Waals surface area contributed by atoms with Crippen LogP contribution in [-0.4, -0.2) is 49.4 Å². The molecule has 1 aliphatic rings. The lowest BCUT2D eigenvalue weighted by Gasteiger charge is -2.32. The van der Waals surface area contributed by atoms with Crippen molar-refractivity contribution >= 4 is 5.95 Å². The number of hydrogen-bond acceptors (Lipinski definition) is 7. The van der Waals surface area contributed by atoms with Gasteiger partial charge in [0, 0.05) is 50.0 Å². The number of aromatic nitrogens is 6. The van der Waals surface area contributed by atoms with Crippen molar-refractivity contribution < 1.29 is 22.3 Å². The van der Waals surface area contributed by atoms with E-state index in [4.69, 9.17) is 4.74 Å². The van der Waals surface area contributed by atoms with Crippen molar-refractivity contribution in [3.05, 3.63) is 72.6 Å². The number of alkyl halides is 3. The molecule has 5 rings (SSSR count). The predicted octanol–water partition coefficient (Wildman–Crippen LogP) is 4.33. The van der Waals surface area contributed by atoms with Gasteiger partial charge in [0.15, 0.2) is 0 Å². The molecule has 0 saturated carbocycles.